The number of amides is 1. The lowest BCUT2D eigenvalue weighted by Gasteiger charge is -2.16. The molecule has 1 fully saturated rings. The molecule has 2 atom stereocenters. The van der Waals surface area contributed by atoms with Crippen LogP contribution in [-0.2, 0) is 9.53 Å². The van der Waals surface area contributed by atoms with Crippen LogP contribution >= 0.6 is 22.6 Å². The number of esters is 1. The summed E-state index contributed by atoms with van der Waals surface area (Å²) in [5.74, 6) is -0.321. The number of hydrogen-bond donors (Lipinski definition) is 0. The number of nitrogens with zero attached hydrogens (tertiary/aromatic N) is 1. The van der Waals surface area contributed by atoms with Crippen molar-refractivity contribution in [3.63, 3.8) is 0 Å². The summed E-state index contributed by atoms with van der Waals surface area (Å²) >= 11 is 2.18. The van der Waals surface area contributed by atoms with Crippen LogP contribution in [0.3, 0.4) is 0 Å². The average Bonchev–Trinajstić information content (AvgIpc) is 2.79. The molecule has 0 aromatic heterocycles. The van der Waals surface area contributed by atoms with Crippen molar-refractivity contribution in [1.82, 2.24) is 4.90 Å². The fourth-order valence-corrected chi connectivity index (χ4v) is 2.94. The van der Waals surface area contributed by atoms with Crippen LogP contribution in [0.25, 0.3) is 0 Å². The lowest BCUT2D eigenvalue weighted by Crippen LogP contribution is -2.30. The molecule has 1 amide bonds. The first-order chi connectivity index (χ1) is 9.02. The maximum Gasteiger partial charge on any atom is 0.310 e. The van der Waals surface area contributed by atoms with Gasteiger partial charge in [0.25, 0.3) is 5.91 Å². The molecular weight excluding hydrogens is 357 g/mol. The van der Waals surface area contributed by atoms with E-state index in [1.54, 1.807) is 11.0 Å². The Bertz CT molecular complexity index is 503. The summed E-state index contributed by atoms with van der Waals surface area (Å²) in [5, 5.41) is 0. The minimum Gasteiger partial charge on any atom is -0.469 e. The first kappa shape index (κ1) is 14.3. The summed E-state index contributed by atoms with van der Waals surface area (Å²) in [6.07, 6.45) is 0. The SMILES string of the molecule is COC(=O)C1CN(C(=O)c2cccc(I)c2)CC1C. The summed E-state index contributed by atoms with van der Waals surface area (Å²) in [7, 11) is 1.39. The van der Waals surface area contributed by atoms with Gasteiger partial charge in [0.1, 0.15) is 0 Å². The summed E-state index contributed by atoms with van der Waals surface area (Å²) in [5.41, 5.74) is 0.671. The van der Waals surface area contributed by atoms with E-state index in [0.29, 0.717) is 18.7 Å². The molecule has 0 bridgehead atoms. The molecule has 1 saturated heterocycles. The van der Waals surface area contributed by atoms with E-state index >= 15 is 0 Å². The predicted octanol–water partition coefficient (Wildman–Crippen LogP) is 2.17. The molecule has 2 rings (SSSR count). The third kappa shape index (κ3) is 3.08. The van der Waals surface area contributed by atoms with Crippen molar-refractivity contribution < 1.29 is 14.3 Å². The second-order valence-electron chi connectivity index (χ2n) is 4.83. The molecule has 1 aromatic carbocycles. The van der Waals surface area contributed by atoms with Gasteiger partial charge in [0.05, 0.1) is 13.0 Å². The van der Waals surface area contributed by atoms with E-state index in [1.807, 2.05) is 25.1 Å². The number of likely N-dealkylation sites (tertiary alicyclic amines) is 1. The minimum absolute atomic E-state index is 0.0169. The molecule has 0 radical (unpaired) electrons. The molecule has 0 saturated carbocycles. The van der Waals surface area contributed by atoms with Gasteiger partial charge in [-0.3, -0.25) is 9.59 Å². The van der Waals surface area contributed by atoms with Crippen LogP contribution in [0.4, 0.5) is 0 Å². The van der Waals surface area contributed by atoms with Gasteiger partial charge in [-0.2, -0.15) is 0 Å². The molecule has 1 aliphatic rings. The number of hydrogen-bond acceptors (Lipinski definition) is 3. The molecule has 0 spiro atoms. The van der Waals surface area contributed by atoms with Crippen LogP contribution in [-0.4, -0.2) is 37.0 Å². The largest absolute Gasteiger partial charge is 0.469 e. The summed E-state index contributed by atoms with van der Waals surface area (Å²) < 4.78 is 5.81. The smallest absolute Gasteiger partial charge is 0.310 e. The zero-order valence-corrected chi connectivity index (χ0v) is 13.1. The minimum atomic E-state index is -0.231. The Hall–Kier alpha value is -1.11. The van der Waals surface area contributed by atoms with Crippen LogP contribution in [0, 0.1) is 15.4 Å². The Morgan fingerprint density at radius 3 is 2.74 bits per heavy atom. The molecule has 0 N–H and O–H groups in total. The van der Waals surface area contributed by atoms with E-state index in [1.165, 1.54) is 7.11 Å². The second kappa shape index (κ2) is 5.90. The van der Waals surface area contributed by atoms with Crippen molar-refractivity contribution in [3.8, 4) is 0 Å². The number of rotatable bonds is 2. The number of benzene rings is 1. The number of methoxy groups -OCH3 is 1. The third-order valence-electron chi connectivity index (χ3n) is 3.48. The second-order valence-corrected chi connectivity index (χ2v) is 6.07. The van der Waals surface area contributed by atoms with Gasteiger partial charge in [0, 0.05) is 22.2 Å². The van der Waals surface area contributed by atoms with E-state index in [-0.39, 0.29) is 23.7 Å². The highest BCUT2D eigenvalue weighted by atomic mass is 127. The van der Waals surface area contributed by atoms with Crippen LogP contribution in [0.2, 0.25) is 0 Å². The molecule has 1 heterocycles. The molecule has 102 valence electrons. The van der Waals surface area contributed by atoms with Crippen LogP contribution < -0.4 is 0 Å². The van der Waals surface area contributed by atoms with Gasteiger partial charge in [-0.05, 0) is 46.7 Å². The Morgan fingerprint density at radius 1 is 1.37 bits per heavy atom. The van der Waals surface area contributed by atoms with Gasteiger partial charge < -0.3 is 9.64 Å². The lowest BCUT2D eigenvalue weighted by atomic mass is 9.99. The normalized spacial score (nSPS) is 22.4. The molecular formula is C14H16INO3. The summed E-state index contributed by atoms with van der Waals surface area (Å²) in [6.45, 7) is 3.02. The summed E-state index contributed by atoms with van der Waals surface area (Å²) in [4.78, 5) is 25.7. The number of carbonyl (C=O) groups excluding carboxylic acids is 2. The molecule has 1 aromatic rings. The highest BCUT2D eigenvalue weighted by Crippen LogP contribution is 2.25. The number of halogens is 1. The van der Waals surface area contributed by atoms with Crippen molar-refractivity contribution in [1.29, 1.82) is 0 Å². The van der Waals surface area contributed by atoms with Gasteiger partial charge in [-0.1, -0.05) is 13.0 Å². The Balaban J connectivity index is 2.12. The third-order valence-corrected chi connectivity index (χ3v) is 4.15. The highest BCUT2D eigenvalue weighted by Gasteiger charge is 2.37. The van der Waals surface area contributed by atoms with Crippen LogP contribution in [0.1, 0.15) is 17.3 Å². The van der Waals surface area contributed by atoms with Crippen molar-refractivity contribution in [3.05, 3.63) is 33.4 Å². The Morgan fingerprint density at radius 2 is 2.11 bits per heavy atom. The number of ether oxygens (including phenoxy) is 1. The van der Waals surface area contributed by atoms with E-state index in [0.717, 1.165) is 3.57 Å². The van der Waals surface area contributed by atoms with E-state index in [4.69, 9.17) is 4.74 Å². The lowest BCUT2D eigenvalue weighted by molar-refractivity contribution is -0.146. The quantitative estimate of drug-likeness (QED) is 0.590. The molecule has 5 heteroatoms. The van der Waals surface area contributed by atoms with Gasteiger partial charge in [0.2, 0.25) is 0 Å². The molecule has 2 unspecified atom stereocenters. The van der Waals surface area contributed by atoms with Crippen molar-refractivity contribution in [2.75, 3.05) is 20.2 Å². The fourth-order valence-electron chi connectivity index (χ4n) is 2.39. The number of carbonyl (C=O) groups is 2. The topological polar surface area (TPSA) is 46.6 Å². The highest BCUT2D eigenvalue weighted by molar-refractivity contribution is 14.1. The first-order valence-electron chi connectivity index (χ1n) is 6.15. The van der Waals surface area contributed by atoms with E-state index in [2.05, 4.69) is 22.6 Å². The predicted molar refractivity (Wildman–Crippen MR) is 79.7 cm³/mol. The van der Waals surface area contributed by atoms with Crippen LogP contribution in [0.15, 0.2) is 24.3 Å². The van der Waals surface area contributed by atoms with Crippen molar-refractivity contribution in [2.24, 2.45) is 11.8 Å². The van der Waals surface area contributed by atoms with E-state index in [9.17, 15) is 9.59 Å². The van der Waals surface area contributed by atoms with Gasteiger partial charge in [-0.25, -0.2) is 0 Å². The molecule has 4 nitrogen and oxygen atoms in total. The maximum atomic E-state index is 12.4. The maximum absolute atomic E-state index is 12.4. The Kier molecular flexibility index (Phi) is 4.44. The summed E-state index contributed by atoms with van der Waals surface area (Å²) in [6, 6.07) is 7.48. The van der Waals surface area contributed by atoms with Crippen molar-refractivity contribution in [2.45, 2.75) is 6.92 Å². The first-order valence-corrected chi connectivity index (χ1v) is 7.23. The standard InChI is InChI=1S/C14H16INO3/c1-9-7-16(8-12(9)14(18)19-2)13(17)10-4-3-5-11(15)6-10/h3-6,9,12H,7-8H2,1-2H3. The molecule has 0 aliphatic carbocycles. The molecule has 19 heavy (non-hydrogen) atoms. The zero-order valence-electron chi connectivity index (χ0n) is 10.9. The fraction of sp³-hybridized carbons (Fsp3) is 0.429. The van der Waals surface area contributed by atoms with Gasteiger partial charge in [-0.15, -0.1) is 0 Å². The Labute approximate surface area is 126 Å². The zero-order chi connectivity index (χ0) is 14.0. The van der Waals surface area contributed by atoms with Gasteiger partial charge in [0.15, 0.2) is 0 Å². The van der Waals surface area contributed by atoms with Gasteiger partial charge >= 0.3 is 5.97 Å². The van der Waals surface area contributed by atoms with Crippen LogP contribution in [0.5, 0.6) is 0 Å². The van der Waals surface area contributed by atoms with E-state index < -0.39 is 0 Å². The average molecular weight is 373 g/mol. The monoisotopic (exact) mass is 373 g/mol. The molecule has 1 aliphatic heterocycles. The van der Waals surface area contributed by atoms with Crippen molar-refractivity contribution >= 4 is 34.5 Å².